The lowest BCUT2D eigenvalue weighted by Gasteiger charge is -2.08. The van der Waals surface area contributed by atoms with E-state index in [0.29, 0.717) is 11.3 Å². The van der Waals surface area contributed by atoms with Crippen LogP contribution in [0.1, 0.15) is 19.3 Å². The number of ether oxygens (including phenoxy) is 1. The molecule has 1 aliphatic heterocycles. The summed E-state index contributed by atoms with van der Waals surface area (Å²) < 4.78 is 5.51. The van der Waals surface area contributed by atoms with Crippen LogP contribution in [-0.2, 0) is 4.74 Å². The minimum atomic E-state index is 0.443. The van der Waals surface area contributed by atoms with Gasteiger partial charge in [-0.25, -0.2) is 4.98 Å². The molecule has 0 radical (unpaired) electrons. The highest BCUT2D eigenvalue weighted by Crippen LogP contribution is 2.20. The summed E-state index contributed by atoms with van der Waals surface area (Å²) in [6.07, 6.45) is 3.89. The fourth-order valence-corrected chi connectivity index (χ4v) is 2.41. The van der Waals surface area contributed by atoms with Crippen LogP contribution in [0.15, 0.2) is 5.38 Å². The Morgan fingerprint density at radius 1 is 1.71 bits per heavy atom. The Hall–Kier alpha value is -0.320. The van der Waals surface area contributed by atoms with Gasteiger partial charge in [-0.05, 0) is 19.3 Å². The molecule has 3 nitrogen and oxygen atoms in total. The smallest absolute Gasteiger partial charge is 0.184 e. The maximum absolute atomic E-state index is 5.70. The Labute approximate surface area is 92.4 Å². The van der Waals surface area contributed by atoms with Crippen molar-refractivity contribution in [2.24, 2.45) is 0 Å². The van der Waals surface area contributed by atoms with Crippen molar-refractivity contribution >= 4 is 28.1 Å². The molecule has 2 heterocycles. The summed E-state index contributed by atoms with van der Waals surface area (Å²) in [5.41, 5.74) is 0. The monoisotopic (exact) mass is 232 g/mol. The van der Waals surface area contributed by atoms with E-state index < -0.39 is 0 Å². The maximum atomic E-state index is 5.70. The first-order chi connectivity index (χ1) is 6.84. The molecule has 1 aliphatic rings. The Balaban J connectivity index is 1.67. The van der Waals surface area contributed by atoms with E-state index in [9.17, 15) is 0 Å². The molecule has 0 saturated carbocycles. The molecule has 2 rings (SSSR count). The second-order valence-electron chi connectivity index (χ2n) is 3.33. The molecular formula is C9H13ClN2OS. The van der Waals surface area contributed by atoms with Crippen LogP contribution in [0.5, 0.6) is 0 Å². The largest absolute Gasteiger partial charge is 0.378 e. The normalized spacial score (nSPS) is 21.4. The zero-order valence-electron chi connectivity index (χ0n) is 7.83. The number of thiazole rings is 1. The third-order valence-corrected chi connectivity index (χ3v) is 3.37. The van der Waals surface area contributed by atoms with Crippen LogP contribution < -0.4 is 5.32 Å². The van der Waals surface area contributed by atoms with Gasteiger partial charge >= 0.3 is 0 Å². The lowest BCUT2D eigenvalue weighted by Crippen LogP contribution is -2.12. The van der Waals surface area contributed by atoms with Crippen molar-refractivity contribution in [2.75, 3.05) is 18.5 Å². The number of nitrogens with one attached hydrogen (secondary N) is 1. The molecule has 14 heavy (non-hydrogen) atoms. The SMILES string of the molecule is Clc1csc(NCCC2CCCO2)n1. The number of halogens is 1. The van der Waals surface area contributed by atoms with Crippen LogP contribution in [0.2, 0.25) is 5.15 Å². The lowest BCUT2D eigenvalue weighted by atomic mass is 10.2. The average Bonchev–Trinajstić information content (AvgIpc) is 2.77. The van der Waals surface area contributed by atoms with Gasteiger partial charge in [0.15, 0.2) is 5.13 Å². The lowest BCUT2D eigenvalue weighted by molar-refractivity contribution is 0.107. The topological polar surface area (TPSA) is 34.1 Å². The molecule has 0 aliphatic carbocycles. The molecule has 0 amide bonds. The van der Waals surface area contributed by atoms with E-state index in [0.717, 1.165) is 24.7 Å². The summed E-state index contributed by atoms with van der Waals surface area (Å²) in [5, 5.41) is 6.53. The highest BCUT2D eigenvalue weighted by molar-refractivity contribution is 7.14. The highest BCUT2D eigenvalue weighted by Gasteiger charge is 2.14. The van der Waals surface area contributed by atoms with E-state index in [-0.39, 0.29) is 0 Å². The zero-order chi connectivity index (χ0) is 9.80. The van der Waals surface area contributed by atoms with Gasteiger partial charge in [-0.1, -0.05) is 11.6 Å². The standard InChI is InChI=1S/C9H13ClN2OS/c10-8-6-14-9(12-8)11-4-3-7-2-1-5-13-7/h6-7H,1-5H2,(H,11,12). The van der Waals surface area contributed by atoms with Crippen molar-refractivity contribution in [1.29, 1.82) is 0 Å². The maximum Gasteiger partial charge on any atom is 0.184 e. The van der Waals surface area contributed by atoms with Gasteiger partial charge in [0.05, 0.1) is 6.10 Å². The molecule has 0 aromatic carbocycles. The first kappa shape index (κ1) is 10.2. The Bertz CT molecular complexity index is 286. The van der Waals surface area contributed by atoms with Crippen LogP contribution in [0.4, 0.5) is 5.13 Å². The van der Waals surface area contributed by atoms with Crippen LogP contribution in [0, 0.1) is 0 Å². The van der Waals surface area contributed by atoms with Crippen LogP contribution in [-0.4, -0.2) is 24.2 Å². The average molecular weight is 233 g/mol. The summed E-state index contributed by atoms with van der Waals surface area (Å²) in [4.78, 5) is 4.11. The second-order valence-corrected chi connectivity index (χ2v) is 4.57. The number of hydrogen-bond donors (Lipinski definition) is 1. The van der Waals surface area contributed by atoms with Crippen molar-refractivity contribution in [1.82, 2.24) is 4.98 Å². The van der Waals surface area contributed by atoms with Gasteiger partial charge in [-0.2, -0.15) is 0 Å². The molecule has 1 aromatic heterocycles. The fraction of sp³-hybridized carbons (Fsp3) is 0.667. The molecule has 78 valence electrons. The first-order valence-corrected chi connectivity index (χ1v) is 6.07. The van der Waals surface area contributed by atoms with Crippen molar-refractivity contribution in [2.45, 2.75) is 25.4 Å². The first-order valence-electron chi connectivity index (χ1n) is 4.81. The molecule has 1 saturated heterocycles. The summed E-state index contributed by atoms with van der Waals surface area (Å²) in [5.74, 6) is 0. The fourth-order valence-electron chi connectivity index (χ4n) is 1.55. The van der Waals surface area contributed by atoms with Gasteiger partial charge in [0.25, 0.3) is 0 Å². The predicted molar refractivity (Wildman–Crippen MR) is 59.2 cm³/mol. The van der Waals surface area contributed by atoms with E-state index >= 15 is 0 Å². The van der Waals surface area contributed by atoms with Gasteiger partial charge in [0, 0.05) is 18.5 Å². The van der Waals surface area contributed by atoms with Crippen molar-refractivity contribution in [3.8, 4) is 0 Å². The number of rotatable bonds is 4. The Morgan fingerprint density at radius 2 is 2.64 bits per heavy atom. The van der Waals surface area contributed by atoms with Gasteiger partial charge in [-0.3, -0.25) is 0 Å². The minimum Gasteiger partial charge on any atom is -0.378 e. The van der Waals surface area contributed by atoms with Crippen LogP contribution >= 0.6 is 22.9 Å². The molecule has 1 N–H and O–H groups in total. The van der Waals surface area contributed by atoms with Gasteiger partial charge < -0.3 is 10.1 Å². The summed E-state index contributed by atoms with van der Waals surface area (Å²) in [7, 11) is 0. The summed E-state index contributed by atoms with van der Waals surface area (Å²) >= 11 is 7.24. The van der Waals surface area contributed by atoms with E-state index in [1.165, 1.54) is 24.2 Å². The second kappa shape index (κ2) is 4.96. The summed E-state index contributed by atoms with van der Waals surface area (Å²) in [6, 6.07) is 0. The minimum absolute atomic E-state index is 0.443. The van der Waals surface area contributed by atoms with Crippen LogP contribution in [0.3, 0.4) is 0 Å². The molecule has 0 spiro atoms. The van der Waals surface area contributed by atoms with Gasteiger partial charge in [-0.15, -0.1) is 11.3 Å². The molecule has 1 atom stereocenters. The van der Waals surface area contributed by atoms with Crippen molar-refractivity contribution < 1.29 is 4.74 Å². The Morgan fingerprint density at radius 3 is 3.29 bits per heavy atom. The molecule has 1 fully saturated rings. The van der Waals surface area contributed by atoms with E-state index in [1.807, 2.05) is 5.38 Å². The Kier molecular flexibility index (Phi) is 3.61. The number of nitrogens with zero attached hydrogens (tertiary/aromatic N) is 1. The van der Waals surface area contributed by atoms with Crippen LogP contribution in [0.25, 0.3) is 0 Å². The van der Waals surface area contributed by atoms with Crippen molar-refractivity contribution in [3.63, 3.8) is 0 Å². The van der Waals surface area contributed by atoms with E-state index in [2.05, 4.69) is 10.3 Å². The third-order valence-electron chi connectivity index (χ3n) is 2.24. The van der Waals surface area contributed by atoms with E-state index in [4.69, 9.17) is 16.3 Å². The molecule has 0 bridgehead atoms. The summed E-state index contributed by atoms with van der Waals surface area (Å²) in [6.45, 7) is 1.84. The third kappa shape index (κ3) is 2.83. The highest BCUT2D eigenvalue weighted by atomic mass is 35.5. The van der Waals surface area contributed by atoms with Crippen molar-refractivity contribution in [3.05, 3.63) is 10.5 Å². The quantitative estimate of drug-likeness (QED) is 0.867. The molecule has 1 unspecified atom stereocenters. The number of hydrogen-bond acceptors (Lipinski definition) is 4. The van der Waals surface area contributed by atoms with E-state index in [1.54, 1.807) is 0 Å². The number of aromatic nitrogens is 1. The molecule has 5 heteroatoms. The molecular weight excluding hydrogens is 220 g/mol. The number of anilines is 1. The van der Waals surface area contributed by atoms with Gasteiger partial charge in [0.1, 0.15) is 5.15 Å². The predicted octanol–water partition coefficient (Wildman–Crippen LogP) is 2.78. The molecule has 1 aromatic rings. The zero-order valence-corrected chi connectivity index (χ0v) is 9.40. The van der Waals surface area contributed by atoms with Gasteiger partial charge in [0.2, 0.25) is 0 Å².